The second kappa shape index (κ2) is 12.2. The summed E-state index contributed by atoms with van der Waals surface area (Å²) in [5.41, 5.74) is 2.18. The van der Waals surface area contributed by atoms with Gasteiger partial charge in [-0.3, -0.25) is 4.79 Å². The van der Waals surface area contributed by atoms with E-state index in [0.717, 1.165) is 5.75 Å². The van der Waals surface area contributed by atoms with Crippen molar-refractivity contribution in [2.45, 2.75) is 51.9 Å². The number of amides is 1. The standard InChI is InChI=1S/C25H30N4O4S/c1-5-29-22(15-33-21-12-10-18(11-13-21)17(3)4)27-28-25(29)34-16-23(30)26-20-9-7-8-19(14-20)24(31)32-6-2/h7-14,17H,5-6,15-16H2,1-4H3,(H,26,30). The monoisotopic (exact) mass is 482 g/mol. The van der Waals surface area contributed by atoms with Gasteiger partial charge in [0.05, 0.1) is 17.9 Å². The molecule has 2 aromatic carbocycles. The highest BCUT2D eigenvalue weighted by Gasteiger charge is 2.15. The number of hydrogen-bond acceptors (Lipinski definition) is 7. The summed E-state index contributed by atoms with van der Waals surface area (Å²) in [6, 6.07) is 14.7. The first kappa shape index (κ1) is 25.3. The molecular formula is C25H30N4O4S. The van der Waals surface area contributed by atoms with E-state index in [1.54, 1.807) is 31.2 Å². The van der Waals surface area contributed by atoms with Crippen LogP contribution >= 0.6 is 11.8 Å². The fraction of sp³-hybridized carbons (Fsp3) is 0.360. The topological polar surface area (TPSA) is 95.3 Å². The zero-order valence-electron chi connectivity index (χ0n) is 19.9. The third kappa shape index (κ3) is 6.84. The Balaban J connectivity index is 1.55. The van der Waals surface area contributed by atoms with Crippen molar-refractivity contribution in [2.75, 3.05) is 17.7 Å². The molecule has 34 heavy (non-hydrogen) atoms. The molecule has 0 aliphatic rings. The van der Waals surface area contributed by atoms with Gasteiger partial charge in [-0.15, -0.1) is 10.2 Å². The van der Waals surface area contributed by atoms with Gasteiger partial charge in [-0.05, 0) is 55.7 Å². The number of rotatable bonds is 11. The third-order valence-corrected chi connectivity index (χ3v) is 5.98. The molecule has 1 heterocycles. The van der Waals surface area contributed by atoms with Crippen molar-refractivity contribution < 1.29 is 19.1 Å². The lowest BCUT2D eigenvalue weighted by molar-refractivity contribution is -0.113. The zero-order chi connectivity index (χ0) is 24.5. The van der Waals surface area contributed by atoms with E-state index in [4.69, 9.17) is 9.47 Å². The summed E-state index contributed by atoms with van der Waals surface area (Å²) in [5, 5.41) is 11.9. The number of thioether (sulfide) groups is 1. The number of benzene rings is 2. The molecule has 8 nitrogen and oxygen atoms in total. The number of aromatic nitrogens is 3. The van der Waals surface area contributed by atoms with E-state index < -0.39 is 5.97 Å². The predicted octanol–water partition coefficient (Wildman–Crippen LogP) is 4.91. The van der Waals surface area contributed by atoms with Crippen LogP contribution in [0.25, 0.3) is 0 Å². The lowest BCUT2D eigenvalue weighted by Crippen LogP contribution is -2.15. The number of hydrogen-bond donors (Lipinski definition) is 1. The van der Waals surface area contributed by atoms with Gasteiger partial charge < -0.3 is 19.4 Å². The van der Waals surface area contributed by atoms with Gasteiger partial charge in [0.1, 0.15) is 12.4 Å². The van der Waals surface area contributed by atoms with Gasteiger partial charge >= 0.3 is 5.97 Å². The van der Waals surface area contributed by atoms with Crippen LogP contribution in [0, 0.1) is 0 Å². The molecule has 0 radical (unpaired) electrons. The van der Waals surface area contributed by atoms with Crippen LogP contribution in [-0.2, 0) is 22.7 Å². The van der Waals surface area contributed by atoms with Crippen LogP contribution in [0.4, 0.5) is 5.69 Å². The lowest BCUT2D eigenvalue weighted by atomic mass is 10.0. The van der Waals surface area contributed by atoms with E-state index >= 15 is 0 Å². The summed E-state index contributed by atoms with van der Waals surface area (Å²) in [7, 11) is 0. The normalized spacial score (nSPS) is 10.9. The first-order valence-electron chi connectivity index (χ1n) is 11.3. The molecule has 0 aliphatic carbocycles. The van der Waals surface area contributed by atoms with Crippen LogP contribution in [0.1, 0.15) is 55.4 Å². The Bertz CT molecular complexity index is 1110. The Morgan fingerprint density at radius 1 is 1.09 bits per heavy atom. The van der Waals surface area contributed by atoms with Crippen molar-refractivity contribution in [3.63, 3.8) is 0 Å². The molecule has 3 aromatic rings. The van der Waals surface area contributed by atoms with Gasteiger partial charge in [-0.25, -0.2) is 4.79 Å². The highest BCUT2D eigenvalue weighted by atomic mass is 32.2. The van der Waals surface area contributed by atoms with Gasteiger partial charge in [-0.2, -0.15) is 0 Å². The van der Waals surface area contributed by atoms with Crippen LogP contribution in [0.15, 0.2) is 53.7 Å². The van der Waals surface area contributed by atoms with Crippen LogP contribution in [-0.4, -0.2) is 39.0 Å². The maximum Gasteiger partial charge on any atom is 0.338 e. The van der Waals surface area contributed by atoms with Crippen molar-refractivity contribution in [2.24, 2.45) is 0 Å². The summed E-state index contributed by atoms with van der Waals surface area (Å²) in [6.45, 7) is 9.28. The van der Waals surface area contributed by atoms with Gasteiger partial charge in [0.15, 0.2) is 11.0 Å². The molecule has 0 spiro atoms. The van der Waals surface area contributed by atoms with Crippen LogP contribution in [0.2, 0.25) is 0 Å². The number of carbonyl (C=O) groups is 2. The number of anilines is 1. The summed E-state index contributed by atoms with van der Waals surface area (Å²) in [6.07, 6.45) is 0. The molecule has 1 aromatic heterocycles. The number of nitrogens with one attached hydrogen (secondary N) is 1. The lowest BCUT2D eigenvalue weighted by Gasteiger charge is -2.10. The fourth-order valence-corrected chi connectivity index (χ4v) is 4.03. The molecule has 0 atom stereocenters. The third-order valence-electron chi connectivity index (χ3n) is 5.01. The molecule has 3 rings (SSSR count). The minimum absolute atomic E-state index is 0.152. The number of esters is 1. The number of nitrogens with zero attached hydrogens (tertiary/aromatic N) is 3. The Kier molecular flexibility index (Phi) is 9.09. The molecule has 0 bridgehead atoms. The quantitative estimate of drug-likeness (QED) is 0.306. The van der Waals surface area contributed by atoms with Gasteiger partial charge in [0.2, 0.25) is 5.91 Å². The highest BCUT2D eigenvalue weighted by molar-refractivity contribution is 7.99. The Hall–Kier alpha value is -3.33. The van der Waals surface area contributed by atoms with E-state index in [2.05, 4.69) is 41.5 Å². The molecule has 0 saturated carbocycles. The average Bonchev–Trinajstić information content (AvgIpc) is 3.23. The van der Waals surface area contributed by atoms with E-state index in [0.29, 0.717) is 41.3 Å². The Morgan fingerprint density at radius 2 is 1.85 bits per heavy atom. The van der Waals surface area contributed by atoms with Crippen molar-refractivity contribution in [3.05, 3.63) is 65.5 Å². The molecule has 0 unspecified atom stereocenters. The smallest absolute Gasteiger partial charge is 0.338 e. The zero-order valence-corrected chi connectivity index (χ0v) is 20.7. The first-order valence-corrected chi connectivity index (χ1v) is 12.2. The largest absolute Gasteiger partial charge is 0.486 e. The second-order valence-electron chi connectivity index (χ2n) is 7.79. The first-order chi connectivity index (χ1) is 16.4. The van der Waals surface area contributed by atoms with Crippen LogP contribution in [0.5, 0.6) is 5.75 Å². The molecule has 1 N–H and O–H groups in total. The van der Waals surface area contributed by atoms with Gasteiger partial charge in [0, 0.05) is 12.2 Å². The van der Waals surface area contributed by atoms with Crippen molar-refractivity contribution in [1.29, 1.82) is 0 Å². The molecule has 9 heteroatoms. The molecule has 1 amide bonds. The SMILES string of the molecule is CCOC(=O)c1cccc(NC(=O)CSc2nnc(COc3ccc(C(C)C)cc3)n2CC)c1. The van der Waals surface area contributed by atoms with E-state index in [-0.39, 0.29) is 18.3 Å². The van der Waals surface area contributed by atoms with Crippen molar-refractivity contribution >= 4 is 29.3 Å². The summed E-state index contributed by atoms with van der Waals surface area (Å²) in [5.74, 6) is 1.46. The van der Waals surface area contributed by atoms with Gasteiger partial charge in [0.25, 0.3) is 0 Å². The van der Waals surface area contributed by atoms with Crippen molar-refractivity contribution in [3.8, 4) is 5.75 Å². The van der Waals surface area contributed by atoms with E-state index in [1.165, 1.54) is 17.3 Å². The molecule has 0 aliphatic heterocycles. The Morgan fingerprint density at radius 3 is 2.53 bits per heavy atom. The second-order valence-corrected chi connectivity index (χ2v) is 8.74. The summed E-state index contributed by atoms with van der Waals surface area (Å²) >= 11 is 1.30. The minimum Gasteiger partial charge on any atom is -0.486 e. The van der Waals surface area contributed by atoms with E-state index in [9.17, 15) is 9.59 Å². The average molecular weight is 483 g/mol. The summed E-state index contributed by atoms with van der Waals surface area (Å²) < 4.78 is 12.8. The van der Waals surface area contributed by atoms with Crippen molar-refractivity contribution in [1.82, 2.24) is 14.8 Å². The molecule has 0 saturated heterocycles. The fourth-order valence-electron chi connectivity index (χ4n) is 3.21. The van der Waals surface area contributed by atoms with E-state index in [1.807, 2.05) is 23.6 Å². The Labute approximate surface area is 204 Å². The highest BCUT2D eigenvalue weighted by Crippen LogP contribution is 2.21. The predicted molar refractivity (Wildman–Crippen MR) is 132 cm³/mol. The number of carbonyl (C=O) groups excluding carboxylic acids is 2. The molecule has 180 valence electrons. The molecular weight excluding hydrogens is 452 g/mol. The van der Waals surface area contributed by atoms with Crippen LogP contribution < -0.4 is 10.1 Å². The van der Waals surface area contributed by atoms with Crippen LogP contribution in [0.3, 0.4) is 0 Å². The molecule has 0 fully saturated rings. The summed E-state index contributed by atoms with van der Waals surface area (Å²) in [4.78, 5) is 24.3. The number of ether oxygens (including phenoxy) is 2. The maximum atomic E-state index is 12.5. The minimum atomic E-state index is -0.422. The maximum absolute atomic E-state index is 12.5. The van der Waals surface area contributed by atoms with Gasteiger partial charge in [-0.1, -0.05) is 43.8 Å².